The third-order valence-corrected chi connectivity index (χ3v) is 2.74. The summed E-state index contributed by atoms with van der Waals surface area (Å²) < 4.78 is 0. The summed E-state index contributed by atoms with van der Waals surface area (Å²) in [6.45, 7) is 4.79. The number of benzene rings is 1. The number of rotatable bonds is 3. The quantitative estimate of drug-likeness (QED) is 0.857. The average molecular weight is 236 g/mol. The molecule has 0 saturated carbocycles. The van der Waals surface area contributed by atoms with E-state index < -0.39 is 0 Å². The highest BCUT2D eigenvalue weighted by Crippen LogP contribution is 2.27. The molecular formula is C12H14ClN3. The number of imidazole rings is 1. The van der Waals surface area contributed by atoms with Crippen molar-refractivity contribution in [2.45, 2.75) is 20.4 Å². The molecule has 1 heterocycles. The lowest BCUT2D eigenvalue weighted by Crippen LogP contribution is -2.02. The average Bonchev–Trinajstić information content (AvgIpc) is 2.68. The topological polar surface area (TPSA) is 40.7 Å². The fourth-order valence-corrected chi connectivity index (χ4v) is 2.09. The molecule has 0 atom stereocenters. The number of aromatic nitrogens is 2. The smallest absolute Gasteiger partial charge is 0.0922 e. The van der Waals surface area contributed by atoms with Crippen LogP contribution in [0.25, 0.3) is 0 Å². The van der Waals surface area contributed by atoms with Crippen LogP contribution < -0.4 is 5.32 Å². The van der Waals surface area contributed by atoms with Crippen LogP contribution in [0.3, 0.4) is 0 Å². The number of halogens is 1. The maximum Gasteiger partial charge on any atom is 0.0922 e. The number of nitrogens with zero attached hydrogens (tertiary/aromatic N) is 1. The molecular weight excluding hydrogens is 222 g/mol. The Morgan fingerprint density at radius 2 is 2.19 bits per heavy atom. The zero-order chi connectivity index (χ0) is 11.5. The minimum atomic E-state index is 0.698. The third-order valence-electron chi connectivity index (χ3n) is 2.44. The van der Waals surface area contributed by atoms with Crippen molar-refractivity contribution < 1.29 is 0 Å². The highest BCUT2D eigenvalue weighted by Gasteiger charge is 2.05. The maximum absolute atomic E-state index is 6.19. The second-order valence-corrected chi connectivity index (χ2v) is 4.28. The second-order valence-electron chi connectivity index (χ2n) is 3.87. The first-order chi connectivity index (χ1) is 7.66. The molecule has 2 aromatic rings. The van der Waals surface area contributed by atoms with Gasteiger partial charge in [-0.3, -0.25) is 0 Å². The van der Waals surface area contributed by atoms with Crippen molar-refractivity contribution in [3.8, 4) is 0 Å². The van der Waals surface area contributed by atoms with Crippen molar-refractivity contribution in [2.24, 2.45) is 0 Å². The van der Waals surface area contributed by atoms with Crippen molar-refractivity contribution in [2.75, 3.05) is 5.32 Å². The molecule has 0 aliphatic heterocycles. The highest BCUT2D eigenvalue weighted by atomic mass is 35.5. The molecule has 0 unspecified atom stereocenters. The van der Waals surface area contributed by atoms with Gasteiger partial charge in [-0.2, -0.15) is 0 Å². The van der Waals surface area contributed by atoms with Crippen LogP contribution in [0.15, 0.2) is 24.7 Å². The van der Waals surface area contributed by atoms with Gasteiger partial charge in [0.25, 0.3) is 0 Å². The standard InChI is InChI=1S/C12H14ClN3/c1-8-3-9(2)12(11(13)4-8)15-6-10-5-14-7-16-10/h3-5,7,15H,6H2,1-2H3,(H,14,16). The molecule has 4 heteroatoms. The number of aromatic amines is 1. The van der Waals surface area contributed by atoms with Crippen LogP contribution in [0, 0.1) is 13.8 Å². The van der Waals surface area contributed by atoms with Gasteiger partial charge in [0.15, 0.2) is 0 Å². The van der Waals surface area contributed by atoms with Gasteiger partial charge in [0.05, 0.1) is 29.3 Å². The molecule has 0 bridgehead atoms. The van der Waals surface area contributed by atoms with E-state index in [-0.39, 0.29) is 0 Å². The summed E-state index contributed by atoms with van der Waals surface area (Å²) in [5.74, 6) is 0. The number of aryl methyl sites for hydroxylation is 2. The molecule has 16 heavy (non-hydrogen) atoms. The van der Waals surface area contributed by atoms with Gasteiger partial charge < -0.3 is 10.3 Å². The molecule has 84 valence electrons. The van der Waals surface area contributed by atoms with Crippen molar-refractivity contribution in [1.82, 2.24) is 9.97 Å². The van der Waals surface area contributed by atoms with Crippen LogP contribution in [0.2, 0.25) is 5.02 Å². The monoisotopic (exact) mass is 235 g/mol. The van der Waals surface area contributed by atoms with Gasteiger partial charge in [-0.25, -0.2) is 4.98 Å². The Morgan fingerprint density at radius 1 is 1.38 bits per heavy atom. The predicted octanol–water partition coefficient (Wildman–Crippen LogP) is 3.29. The summed E-state index contributed by atoms with van der Waals surface area (Å²) in [5.41, 5.74) is 4.36. The molecule has 1 aromatic heterocycles. The van der Waals surface area contributed by atoms with Crippen LogP contribution >= 0.6 is 11.6 Å². The van der Waals surface area contributed by atoms with E-state index in [0.29, 0.717) is 6.54 Å². The fourth-order valence-electron chi connectivity index (χ4n) is 1.70. The summed E-state index contributed by atoms with van der Waals surface area (Å²) in [6.07, 6.45) is 3.46. The molecule has 0 aliphatic carbocycles. The molecule has 0 spiro atoms. The highest BCUT2D eigenvalue weighted by molar-refractivity contribution is 6.33. The predicted molar refractivity (Wildman–Crippen MR) is 66.8 cm³/mol. The van der Waals surface area contributed by atoms with E-state index in [1.807, 2.05) is 19.9 Å². The van der Waals surface area contributed by atoms with E-state index in [1.54, 1.807) is 12.5 Å². The largest absolute Gasteiger partial charge is 0.378 e. The van der Waals surface area contributed by atoms with Crippen LogP contribution in [0.5, 0.6) is 0 Å². The van der Waals surface area contributed by atoms with Gasteiger partial charge in [0, 0.05) is 6.20 Å². The lowest BCUT2D eigenvalue weighted by Gasteiger charge is -2.11. The van der Waals surface area contributed by atoms with Crippen molar-refractivity contribution in [3.05, 3.63) is 46.5 Å². The lowest BCUT2D eigenvalue weighted by atomic mass is 10.1. The van der Waals surface area contributed by atoms with Crippen LogP contribution in [-0.4, -0.2) is 9.97 Å². The summed E-state index contributed by atoms with van der Waals surface area (Å²) in [4.78, 5) is 7.01. The van der Waals surface area contributed by atoms with Crippen LogP contribution in [-0.2, 0) is 6.54 Å². The lowest BCUT2D eigenvalue weighted by molar-refractivity contribution is 1.07. The van der Waals surface area contributed by atoms with Gasteiger partial charge in [-0.1, -0.05) is 17.7 Å². The van der Waals surface area contributed by atoms with Gasteiger partial charge in [0.2, 0.25) is 0 Å². The van der Waals surface area contributed by atoms with Gasteiger partial charge in [-0.05, 0) is 31.0 Å². The Hall–Kier alpha value is -1.48. The van der Waals surface area contributed by atoms with Gasteiger partial charge in [0.1, 0.15) is 0 Å². The summed E-state index contributed by atoms with van der Waals surface area (Å²) >= 11 is 6.19. The van der Waals surface area contributed by atoms with Gasteiger partial charge >= 0.3 is 0 Å². The summed E-state index contributed by atoms with van der Waals surface area (Å²) in [6, 6.07) is 4.07. The zero-order valence-corrected chi connectivity index (χ0v) is 10.1. The molecule has 2 rings (SSSR count). The number of H-pyrrole nitrogens is 1. The third kappa shape index (κ3) is 2.36. The summed E-state index contributed by atoms with van der Waals surface area (Å²) in [7, 11) is 0. The summed E-state index contributed by atoms with van der Waals surface area (Å²) in [5, 5.41) is 4.07. The van der Waals surface area contributed by atoms with Crippen molar-refractivity contribution in [3.63, 3.8) is 0 Å². The molecule has 0 saturated heterocycles. The second kappa shape index (κ2) is 4.58. The van der Waals surface area contributed by atoms with Crippen LogP contribution in [0.4, 0.5) is 5.69 Å². The number of hydrogen-bond acceptors (Lipinski definition) is 2. The van der Waals surface area contributed by atoms with Gasteiger partial charge in [-0.15, -0.1) is 0 Å². The fraction of sp³-hybridized carbons (Fsp3) is 0.250. The normalized spacial score (nSPS) is 10.4. The Kier molecular flexibility index (Phi) is 3.15. The maximum atomic E-state index is 6.19. The first-order valence-corrected chi connectivity index (χ1v) is 5.52. The first kappa shape index (κ1) is 11.0. The SMILES string of the molecule is Cc1cc(C)c(NCc2cnc[nH]2)c(Cl)c1. The molecule has 1 aromatic carbocycles. The first-order valence-electron chi connectivity index (χ1n) is 5.14. The Labute approximate surface area is 99.9 Å². The van der Waals surface area contributed by atoms with E-state index in [0.717, 1.165) is 22.0 Å². The molecule has 0 aliphatic rings. The van der Waals surface area contributed by atoms with E-state index in [9.17, 15) is 0 Å². The number of nitrogens with one attached hydrogen (secondary N) is 2. The number of hydrogen-bond donors (Lipinski definition) is 2. The molecule has 2 N–H and O–H groups in total. The Bertz CT molecular complexity index is 454. The Morgan fingerprint density at radius 3 is 2.81 bits per heavy atom. The van der Waals surface area contributed by atoms with E-state index in [1.165, 1.54) is 5.56 Å². The minimum Gasteiger partial charge on any atom is -0.378 e. The van der Waals surface area contributed by atoms with Crippen LogP contribution in [0.1, 0.15) is 16.8 Å². The van der Waals surface area contributed by atoms with E-state index >= 15 is 0 Å². The minimum absolute atomic E-state index is 0.698. The Balaban J connectivity index is 2.15. The van der Waals surface area contributed by atoms with E-state index in [2.05, 4.69) is 21.4 Å². The molecule has 0 amide bonds. The zero-order valence-electron chi connectivity index (χ0n) is 9.34. The molecule has 0 radical (unpaired) electrons. The number of anilines is 1. The van der Waals surface area contributed by atoms with E-state index in [4.69, 9.17) is 11.6 Å². The molecule has 3 nitrogen and oxygen atoms in total. The van der Waals surface area contributed by atoms with Crippen molar-refractivity contribution in [1.29, 1.82) is 0 Å². The van der Waals surface area contributed by atoms with Crippen molar-refractivity contribution >= 4 is 17.3 Å². The molecule has 0 fully saturated rings.